The Morgan fingerprint density at radius 1 is 1.43 bits per heavy atom. The van der Waals surface area contributed by atoms with E-state index >= 15 is 0 Å². The van der Waals surface area contributed by atoms with Crippen LogP contribution in [0, 0.1) is 0 Å². The summed E-state index contributed by atoms with van der Waals surface area (Å²) < 4.78 is 11.3. The van der Waals surface area contributed by atoms with Gasteiger partial charge in [0.25, 0.3) is 0 Å². The molecule has 0 aliphatic rings. The molecule has 0 heterocycles. The molecule has 0 aliphatic heterocycles. The van der Waals surface area contributed by atoms with E-state index < -0.39 is 0 Å². The average molecular weight is 122 g/mol. The Morgan fingerprint density at radius 2 is 2.14 bits per heavy atom. The second-order valence-electron chi connectivity index (χ2n) is 1.39. The van der Waals surface area contributed by atoms with Gasteiger partial charge in [0.15, 0.2) is 0 Å². The topological polar surface area (TPSA) is 0 Å². The number of unbranched alkanes of at least 4 members (excludes halogenated alkanes) is 1. The summed E-state index contributed by atoms with van der Waals surface area (Å²) in [7, 11) is 0. The summed E-state index contributed by atoms with van der Waals surface area (Å²) in [6.45, 7) is -0.152. The van der Waals surface area contributed by atoms with E-state index in [2.05, 4.69) is 0 Å². The molecule has 0 radical (unpaired) electrons. The smallest absolute Gasteiger partial charge is 0.0894 e. The summed E-state index contributed by atoms with van der Waals surface area (Å²) in [6, 6.07) is 0. The number of thioether (sulfide) groups is 1. The molecule has 0 aromatic rings. The molecular weight excluding hydrogens is 111 g/mol. The molecule has 0 aliphatic carbocycles. The van der Waals surface area contributed by atoms with Crippen LogP contribution in [0.3, 0.4) is 0 Å². The fraction of sp³-hybridized carbons (Fsp3) is 1.00. The van der Waals surface area contributed by atoms with E-state index in [0.29, 0.717) is 0 Å². The molecule has 0 bridgehead atoms. The van der Waals surface area contributed by atoms with E-state index in [-0.39, 0.29) is 6.67 Å². The number of alkyl halides is 1. The van der Waals surface area contributed by atoms with Gasteiger partial charge in [-0.1, -0.05) is 0 Å². The second-order valence-corrected chi connectivity index (χ2v) is 2.37. The first-order chi connectivity index (χ1) is 3.41. The minimum atomic E-state index is -0.152. The number of halogens is 1. The Kier molecular flexibility index (Phi) is 6.53. The van der Waals surface area contributed by atoms with Gasteiger partial charge in [-0.3, -0.25) is 4.39 Å². The molecule has 2 heteroatoms. The molecule has 0 nitrogen and oxygen atoms in total. The lowest BCUT2D eigenvalue weighted by atomic mass is 10.4. The molecule has 0 aromatic carbocycles. The predicted molar refractivity (Wildman–Crippen MR) is 33.6 cm³/mol. The zero-order valence-electron chi connectivity index (χ0n) is 4.61. The molecule has 0 amide bonds. The van der Waals surface area contributed by atoms with E-state index in [1.807, 2.05) is 6.26 Å². The third-order valence-electron chi connectivity index (χ3n) is 0.732. The molecule has 0 unspecified atom stereocenters. The summed E-state index contributed by atoms with van der Waals surface area (Å²) >= 11 is 1.77. The van der Waals surface area contributed by atoms with Gasteiger partial charge in [-0.15, -0.1) is 0 Å². The maximum atomic E-state index is 11.3. The zero-order valence-corrected chi connectivity index (χ0v) is 5.43. The fourth-order valence-electron chi connectivity index (χ4n) is 0.341. The van der Waals surface area contributed by atoms with Gasteiger partial charge in [0.2, 0.25) is 0 Å². The van der Waals surface area contributed by atoms with Crippen molar-refractivity contribution in [3.63, 3.8) is 0 Å². The molecule has 0 aromatic heterocycles. The van der Waals surface area contributed by atoms with Crippen LogP contribution in [0.4, 0.5) is 4.39 Å². The first-order valence-electron chi connectivity index (χ1n) is 2.46. The van der Waals surface area contributed by atoms with Crippen LogP contribution in [0.15, 0.2) is 0 Å². The van der Waals surface area contributed by atoms with Crippen molar-refractivity contribution in [2.45, 2.75) is 12.8 Å². The van der Waals surface area contributed by atoms with E-state index in [9.17, 15) is 4.39 Å². The molecule has 0 fully saturated rings. The van der Waals surface area contributed by atoms with Crippen molar-refractivity contribution >= 4 is 11.8 Å². The molecular formula is C5H11FS. The molecule has 0 atom stereocenters. The van der Waals surface area contributed by atoms with E-state index in [1.54, 1.807) is 11.8 Å². The van der Waals surface area contributed by atoms with Gasteiger partial charge in [0.05, 0.1) is 6.67 Å². The van der Waals surface area contributed by atoms with E-state index in [1.165, 1.54) is 0 Å². The maximum absolute atomic E-state index is 11.3. The summed E-state index contributed by atoms with van der Waals surface area (Å²) in [6.07, 6.45) is 3.80. The minimum Gasteiger partial charge on any atom is -0.251 e. The number of rotatable bonds is 4. The Hall–Kier alpha value is 0.280. The SMILES string of the molecule is CSCCCCF. The molecule has 7 heavy (non-hydrogen) atoms. The molecule has 0 rings (SSSR count). The Morgan fingerprint density at radius 3 is 2.57 bits per heavy atom. The van der Waals surface area contributed by atoms with Crippen molar-refractivity contribution in [1.29, 1.82) is 0 Å². The van der Waals surface area contributed by atoms with Gasteiger partial charge in [0.1, 0.15) is 0 Å². The van der Waals surface area contributed by atoms with Crippen LogP contribution in [0.1, 0.15) is 12.8 Å². The fourth-order valence-corrected chi connectivity index (χ4v) is 0.834. The monoisotopic (exact) mass is 122 g/mol. The second kappa shape index (κ2) is 6.28. The quantitative estimate of drug-likeness (QED) is 0.514. The highest BCUT2D eigenvalue weighted by Gasteiger charge is 1.82. The van der Waals surface area contributed by atoms with Crippen molar-refractivity contribution in [3.8, 4) is 0 Å². The third-order valence-corrected chi connectivity index (χ3v) is 1.43. The van der Waals surface area contributed by atoms with Crippen molar-refractivity contribution in [2.75, 3.05) is 18.7 Å². The van der Waals surface area contributed by atoms with Crippen LogP contribution < -0.4 is 0 Å². The van der Waals surface area contributed by atoms with E-state index in [0.717, 1.165) is 18.6 Å². The van der Waals surface area contributed by atoms with Crippen LogP contribution in [-0.2, 0) is 0 Å². The lowest BCUT2D eigenvalue weighted by Crippen LogP contribution is -1.79. The third kappa shape index (κ3) is 6.28. The lowest BCUT2D eigenvalue weighted by molar-refractivity contribution is 0.470. The van der Waals surface area contributed by atoms with Crippen molar-refractivity contribution in [1.82, 2.24) is 0 Å². The van der Waals surface area contributed by atoms with Gasteiger partial charge in [-0.25, -0.2) is 0 Å². The van der Waals surface area contributed by atoms with Crippen LogP contribution in [0.2, 0.25) is 0 Å². The lowest BCUT2D eigenvalue weighted by Gasteiger charge is -1.89. The molecule has 0 spiro atoms. The largest absolute Gasteiger partial charge is 0.251 e. The highest BCUT2D eigenvalue weighted by atomic mass is 32.2. The molecule has 0 saturated carbocycles. The van der Waals surface area contributed by atoms with Crippen LogP contribution in [0.5, 0.6) is 0 Å². The van der Waals surface area contributed by atoms with Gasteiger partial charge < -0.3 is 0 Å². The van der Waals surface area contributed by atoms with Gasteiger partial charge in [-0.05, 0) is 24.9 Å². The first kappa shape index (κ1) is 7.28. The van der Waals surface area contributed by atoms with Crippen molar-refractivity contribution < 1.29 is 4.39 Å². The Bertz CT molecular complexity index is 27.3. The summed E-state index contributed by atoms with van der Waals surface area (Å²) in [4.78, 5) is 0. The van der Waals surface area contributed by atoms with E-state index in [4.69, 9.17) is 0 Å². The highest BCUT2D eigenvalue weighted by Crippen LogP contribution is 1.98. The predicted octanol–water partition coefficient (Wildman–Crippen LogP) is 2.10. The Labute approximate surface area is 48.5 Å². The standard InChI is InChI=1S/C5H11FS/c1-7-5-3-2-4-6/h2-5H2,1H3. The average Bonchev–Trinajstić information content (AvgIpc) is 1.69. The van der Waals surface area contributed by atoms with Crippen LogP contribution in [-0.4, -0.2) is 18.7 Å². The van der Waals surface area contributed by atoms with Crippen molar-refractivity contribution in [3.05, 3.63) is 0 Å². The maximum Gasteiger partial charge on any atom is 0.0894 e. The van der Waals surface area contributed by atoms with Gasteiger partial charge in [0, 0.05) is 0 Å². The number of hydrogen-bond donors (Lipinski definition) is 0. The summed E-state index contributed by atoms with van der Waals surface area (Å²) in [5.74, 6) is 1.10. The summed E-state index contributed by atoms with van der Waals surface area (Å²) in [5, 5.41) is 0. The van der Waals surface area contributed by atoms with Gasteiger partial charge >= 0.3 is 0 Å². The van der Waals surface area contributed by atoms with Crippen LogP contribution >= 0.6 is 11.8 Å². The normalized spacial score (nSPS) is 9.43. The minimum absolute atomic E-state index is 0.152. The van der Waals surface area contributed by atoms with Crippen LogP contribution in [0.25, 0.3) is 0 Å². The molecule has 0 saturated heterocycles. The number of hydrogen-bond acceptors (Lipinski definition) is 1. The zero-order chi connectivity index (χ0) is 5.54. The van der Waals surface area contributed by atoms with Gasteiger partial charge in [-0.2, -0.15) is 11.8 Å². The first-order valence-corrected chi connectivity index (χ1v) is 3.86. The molecule has 0 N–H and O–H groups in total. The summed E-state index contributed by atoms with van der Waals surface area (Å²) in [5.41, 5.74) is 0. The Balaban J connectivity index is 2.45. The highest BCUT2D eigenvalue weighted by molar-refractivity contribution is 7.98. The molecule has 44 valence electrons. The van der Waals surface area contributed by atoms with Crippen molar-refractivity contribution in [2.24, 2.45) is 0 Å².